The van der Waals surface area contributed by atoms with Crippen LogP contribution in [0.25, 0.3) is 0 Å². The molecular weight excluding hydrogens is 148 g/mol. The van der Waals surface area contributed by atoms with E-state index in [1.54, 1.807) is 0 Å². The number of H-pyrrole nitrogens is 1. The summed E-state index contributed by atoms with van der Waals surface area (Å²) in [4.78, 5) is 3.08. The minimum Gasteiger partial charge on any atom is -0.367 e. The Morgan fingerprint density at radius 3 is 2.67 bits per heavy atom. The fraction of sp³-hybridized carbons (Fsp3) is 0.600. The summed E-state index contributed by atoms with van der Waals surface area (Å²) in [7, 11) is 0. The zero-order valence-corrected chi connectivity index (χ0v) is 8.09. The normalized spacial score (nSPS) is 13.7. The summed E-state index contributed by atoms with van der Waals surface area (Å²) >= 11 is 0. The minimum absolute atomic E-state index is 0.487. The van der Waals surface area contributed by atoms with Crippen molar-refractivity contribution in [1.82, 2.24) is 10.3 Å². The number of hydrogen-bond acceptors (Lipinski definition) is 1. The predicted octanol–water partition coefficient (Wildman–Crippen LogP) is 2.32. The van der Waals surface area contributed by atoms with Gasteiger partial charge in [0.25, 0.3) is 0 Å². The third-order valence-corrected chi connectivity index (χ3v) is 2.07. The molecule has 1 unspecified atom stereocenters. The molecule has 1 aromatic heterocycles. The van der Waals surface area contributed by atoms with Crippen molar-refractivity contribution in [3.8, 4) is 0 Å². The van der Waals surface area contributed by atoms with Crippen molar-refractivity contribution in [1.29, 1.82) is 0 Å². The van der Waals surface area contributed by atoms with Crippen molar-refractivity contribution < 1.29 is 0 Å². The second-order valence-corrected chi connectivity index (χ2v) is 3.42. The van der Waals surface area contributed by atoms with Crippen molar-refractivity contribution in [2.75, 3.05) is 6.54 Å². The smallest absolute Gasteiger partial charge is 0.0358 e. The van der Waals surface area contributed by atoms with Crippen molar-refractivity contribution in [3.63, 3.8) is 0 Å². The van der Waals surface area contributed by atoms with Gasteiger partial charge < -0.3 is 10.3 Å². The lowest BCUT2D eigenvalue weighted by atomic mass is 9.98. The number of hydrogen-bond donors (Lipinski definition) is 2. The largest absolute Gasteiger partial charge is 0.367 e. The fourth-order valence-corrected chi connectivity index (χ4v) is 1.49. The van der Waals surface area contributed by atoms with Gasteiger partial charge in [-0.15, -0.1) is 0 Å². The monoisotopic (exact) mass is 166 g/mol. The van der Waals surface area contributed by atoms with Gasteiger partial charge >= 0.3 is 0 Å². The van der Waals surface area contributed by atoms with E-state index in [1.165, 1.54) is 5.56 Å². The summed E-state index contributed by atoms with van der Waals surface area (Å²) in [6.45, 7) is 7.64. The van der Waals surface area contributed by atoms with Crippen LogP contribution < -0.4 is 5.32 Å². The van der Waals surface area contributed by atoms with E-state index in [0.29, 0.717) is 12.0 Å². The first kappa shape index (κ1) is 9.33. The Morgan fingerprint density at radius 2 is 2.25 bits per heavy atom. The second kappa shape index (κ2) is 4.31. The van der Waals surface area contributed by atoms with Gasteiger partial charge in [0.1, 0.15) is 0 Å². The summed E-state index contributed by atoms with van der Waals surface area (Å²) in [5, 5.41) is 3.46. The van der Waals surface area contributed by atoms with E-state index in [1.807, 2.05) is 6.20 Å². The first-order valence-corrected chi connectivity index (χ1v) is 4.61. The van der Waals surface area contributed by atoms with Crippen LogP contribution in [0.4, 0.5) is 0 Å². The Kier molecular flexibility index (Phi) is 3.35. The molecule has 0 saturated heterocycles. The van der Waals surface area contributed by atoms with E-state index < -0.39 is 0 Å². The Hall–Kier alpha value is -0.760. The molecule has 0 radical (unpaired) electrons. The lowest BCUT2D eigenvalue weighted by molar-refractivity contribution is 0.422. The van der Waals surface area contributed by atoms with Gasteiger partial charge in [-0.1, -0.05) is 20.8 Å². The molecule has 1 heterocycles. The van der Waals surface area contributed by atoms with Crippen molar-refractivity contribution in [3.05, 3.63) is 24.0 Å². The first-order chi connectivity index (χ1) is 5.75. The highest BCUT2D eigenvalue weighted by atomic mass is 14.9. The van der Waals surface area contributed by atoms with Crippen molar-refractivity contribution in [2.24, 2.45) is 5.92 Å². The third-order valence-electron chi connectivity index (χ3n) is 2.07. The van der Waals surface area contributed by atoms with Crippen LogP contribution in [0.15, 0.2) is 18.5 Å². The molecule has 0 aliphatic carbocycles. The average molecular weight is 166 g/mol. The van der Waals surface area contributed by atoms with Gasteiger partial charge in [0.05, 0.1) is 0 Å². The maximum Gasteiger partial charge on any atom is 0.0358 e. The van der Waals surface area contributed by atoms with E-state index in [0.717, 1.165) is 6.54 Å². The third kappa shape index (κ3) is 2.11. The van der Waals surface area contributed by atoms with Crippen LogP contribution in [0.2, 0.25) is 0 Å². The molecule has 0 aromatic carbocycles. The van der Waals surface area contributed by atoms with Crippen LogP contribution in [0.5, 0.6) is 0 Å². The van der Waals surface area contributed by atoms with Crippen LogP contribution >= 0.6 is 0 Å². The first-order valence-electron chi connectivity index (χ1n) is 4.61. The molecule has 0 fully saturated rings. The van der Waals surface area contributed by atoms with Crippen LogP contribution in [-0.4, -0.2) is 11.5 Å². The minimum atomic E-state index is 0.487. The summed E-state index contributed by atoms with van der Waals surface area (Å²) in [5.74, 6) is 0.640. The van der Waals surface area contributed by atoms with Crippen molar-refractivity contribution in [2.45, 2.75) is 26.8 Å². The molecule has 0 spiro atoms. The molecule has 12 heavy (non-hydrogen) atoms. The molecular formula is C10H18N2. The van der Waals surface area contributed by atoms with E-state index >= 15 is 0 Å². The molecule has 0 amide bonds. The van der Waals surface area contributed by atoms with Gasteiger partial charge in [-0.05, 0) is 24.1 Å². The molecule has 0 bridgehead atoms. The molecule has 2 nitrogen and oxygen atoms in total. The molecule has 1 atom stereocenters. The van der Waals surface area contributed by atoms with Gasteiger partial charge in [0.2, 0.25) is 0 Å². The topological polar surface area (TPSA) is 27.8 Å². The van der Waals surface area contributed by atoms with Gasteiger partial charge in [-0.3, -0.25) is 0 Å². The van der Waals surface area contributed by atoms with E-state index in [9.17, 15) is 0 Å². The number of rotatable bonds is 4. The second-order valence-electron chi connectivity index (χ2n) is 3.42. The van der Waals surface area contributed by atoms with Gasteiger partial charge in [-0.2, -0.15) is 0 Å². The molecule has 0 aliphatic heterocycles. The maximum absolute atomic E-state index is 3.46. The van der Waals surface area contributed by atoms with E-state index in [2.05, 4.69) is 43.3 Å². The van der Waals surface area contributed by atoms with Crippen LogP contribution in [-0.2, 0) is 0 Å². The molecule has 2 N–H and O–H groups in total. The fourth-order valence-electron chi connectivity index (χ4n) is 1.49. The summed E-state index contributed by atoms with van der Waals surface area (Å²) in [6, 6.07) is 2.62. The standard InChI is InChI=1S/C10H18N2/c1-4-12-10(8(2)3)9-5-6-11-7-9/h5-8,10-12H,4H2,1-3H3. The number of nitrogens with one attached hydrogen (secondary N) is 2. The Balaban J connectivity index is 2.66. The Morgan fingerprint density at radius 1 is 1.50 bits per heavy atom. The van der Waals surface area contributed by atoms with E-state index in [4.69, 9.17) is 0 Å². The quantitative estimate of drug-likeness (QED) is 0.706. The molecule has 1 rings (SSSR count). The maximum atomic E-state index is 3.46. The zero-order chi connectivity index (χ0) is 8.97. The summed E-state index contributed by atoms with van der Waals surface area (Å²) in [6.07, 6.45) is 4.04. The Labute approximate surface area is 74.4 Å². The lowest BCUT2D eigenvalue weighted by Crippen LogP contribution is -2.24. The number of aromatic amines is 1. The van der Waals surface area contributed by atoms with Gasteiger partial charge in [0.15, 0.2) is 0 Å². The van der Waals surface area contributed by atoms with Crippen LogP contribution in [0.3, 0.4) is 0 Å². The lowest BCUT2D eigenvalue weighted by Gasteiger charge is -2.20. The molecule has 0 saturated carbocycles. The Bertz CT molecular complexity index is 202. The summed E-state index contributed by atoms with van der Waals surface area (Å²) < 4.78 is 0. The molecule has 2 heteroatoms. The molecule has 68 valence electrons. The summed E-state index contributed by atoms with van der Waals surface area (Å²) in [5.41, 5.74) is 1.35. The highest BCUT2D eigenvalue weighted by Gasteiger charge is 2.13. The SMILES string of the molecule is CCNC(c1cc[nH]c1)C(C)C. The highest BCUT2D eigenvalue weighted by Crippen LogP contribution is 2.20. The van der Waals surface area contributed by atoms with Gasteiger partial charge in [-0.25, -0.2) is 0 Å². The van der Waals surface area contributed by atoms with Crippen molar-refractivity contribution >= 4 is 0 Å². The van der Waals surface area contributed by atoms with Crippen LogP contribution in [0.1, 0.15) is 32.4 Å². The molecule has 1 aromatic rings. The van der Waals surface area contributed by atoms with Gasteiger partial charge in [0, 0.05) is 18.4 Å². The van der Waals surface area contributed by atoms with E-state index in [-0.39, 0.29) is 0 Å². The molecule has 0 aliphatic rings. The average Bonchev–Trinajstić information content (AvgIpc) is 2.51. The highest BCUT2D eigenvalue weighted by molar-refractivity contribution is 5.14. The number of aromatic nitrogens is 1. The predicted molar refractivity (Wildman–Crippen MR) is 52.0 cm³/mol. The van der Waals surface area contributed by atoms with Crippen LogP contribution in [0, 0.1) is 5.92 Å². The zero-order valence-electron chi connectivity index (χ0n) is 8.09.